The summed E-state index contributed by atoms with van der Waals surface area (Å²) in [5.74, 6) is 0.193. The van der Waals surface area contributed by atoms with Gasteiger partial charge in [0.1, 0.15) is 5.82 Å². The molecule has 5 nitrogen and oxygen atoms in total. The number of nitrogens with two attached hydrogens (primary N) is 1. The van der Waals surface area contributed by atoms with Crippen LogP contribution < -0.4 is 10.6 Å². The first kappa shape index (κ1) is 16.0. The lowest BCUT2D eigenvalue weighted by atomic mass is 9.91. The summed E-state index contributed by atoms with van der Waals surface area (Å²) in [5.41, 5.74) is 5.53. The van der Waals surface area contributed by atoms with Gasteiger partial charge >= 0.3 is 0 Å². The van der Waals surface area contributed by atoms with E-state index in [-0.39, 0.29) is 5.54 Å². The smallest absolute Gasteiger partial charge is 0.250 e. The third-order valence-corrected chi connectivity index (χ3v) is 4.36. The van der Waals surface area contributed by atoms with E-state index >= 15 is 0 Å². The van der Waals surface area contributed by atoms with Gasteiger partial charge in [-0.3, -0.25) is 4.79 Å². The minimum Gasteiger partial charge on any atom is -0.382 e. The third kappa shape index (κ3) is 3.14. The monoisotopic (exact) mass is 311 g/mol. The first-order valence-electron chi connectivity index (χ1n) is 7.26. The van der Waals surface area contributed by atoms with E-state index in [0.29, 0.717) is 23.0 Å². The molecule has 1 atom stereocenters. The molecule has 0 bridgehead atoms. The van der Waals surface area contributed by atoms with Crippen molar-refractivity contribution in [2.45, 2.75) is 38.1 Å². The van der Waals surface area contributed by atoms with Gasteiger partial charge in [-0.1, -0.05) is 24.9 Å². The predicted octanol–water partition coefficient (Wildman–Crippen LogP) is 2.62. The topological polar surface area (TPSA) is 68.4 Å². The van der Waals surface area contributed by atoms with Gasteiger partial charge in [-0.25, -0.2) is 4.98 Å². The maximum Gasteiger partial charge on any atom is 0.250 e. The van der Waals surface area contributed by atoms with Gasteiger partial charge in [0.05, 0.1) is 22.7 Å². The lowest BCUT2D eigenvalue weighted by molar-refractivity contribution is 0.1000. The van der Waals surface area contributed by atoms with E-state index in [1.54, 1.807) is 13.2 Å². The predicted molar refractivity (Wildman–Crippen MR) is 83.9 cm³/mol. The van der Waals surface area contributed by atoms with Crippen molar-refractivity contribution < 1.29 is 9.53 Å². The van der Waals surface area contributed by atoms with Crippen LogP contribution in [0.25, 0.3) is 0 Å². The van der Waals surface area contributed by atoms with Gasteiger partial charge in [0.2, 0.25) is 5.91 Å². The molecule has 1 fully saturated rings. The number of anilines is 1. The maximum atomic E-state index is 11.2. The van der Waals surface area contributed by atoms with Crippen LogP contribution in [-0.4, -0.2) is 36.7 Å². The number of pyridine rings is 1. The highest BCUT2D eigenvalue weighted by molar-refractivity contribution is 6.33. The van der Waals surface area contributed by atoms with Gasteiger partial charge in [-0.2, -0.15) is 0 Å². The minimum absolute atomic E-state index is 0.0611. The van der Waals surface area contributed by atoms with E-state index in [0.717, 1.165) is 32.2 Å². The number of methoxy groups -OCH3 is 1. The van der Waals surface area contributed by atoms with Gasteiger partial charge < -0.3 is 15.4 Å². The Bertz CT molecular complexity index is 516. The number of hydrogen-bond acceptors (Lipinski definition) is 4. The lowest BCUT2D eigenvalue weighted by Gasteiger charge is -2.39. The Morgan fingerprint density at radius 3 is 2.95 bits per heavy atom. The number of amides is 1. The van der Waals surface area contributed by atoms with E-state index in [9.17, 15) is 4.79 Å². The molecule has 2 heterocycles. The lowest BCUT2D eigenvalue weighted by Crippen LogP contribution is -2.48. The Labute approximate surface area is 130 Å². The highest BCUT2D eigenvalue weighted by Crippen LogP contribution is 2.39. The van der Waals surface area contributed by atoms with E-state index < -0.39 is 5.91 Å². The fourth-order valence-corrected chi connectivity index (χ4v) is 3.52. The number of nitrogens with zero attached hydrogens (tertiary/aromatic N) is 2. The Hall–Kier alpha value is -1.33. The molecular formula is C15H22ClN3O2. The molecule has 1 aliphatic heterocycles. The molecule has 1 amide bonds. The average Bonchev–Trinajstić information content (AvgIpc) is 2.83. The molecule has 2 N–H and O–H groups in total. The summed E-state index contributed by atoms with van der Waals surface area (Å²) in [6.45, 7) is 3.71. The zero-order valence-electron chi connectivity index (χ0n) is 12.6. The van der Waals surface area contributed by atoms with Crippen LogP contribution in [0, 0.1) is 0 Å². The van der Waals surface area contributed by atoms with Crippen molar-refractivity contribution >= 4 is 23.3 Å². The van der Waals surface area contributed by atoms with Crippen LogP contribution in [0.15, 0.2) is 12.3 Å². The van der Waals surface area contributed by atoms with Crippen LogP contribution in [-0.2, 0) is 4.74 Å². The van der Waals surface area contributed by atoms with Crippen LogP contribution in [0.1, 0.15) is 43.0 Å². The Balaban J connectivity index is 2.36. The zero-order valence-corrected chi connectivity index (χ0v) is 13.3. The number of hydrogen-bond donors (Lipinski definition) is 1. The number of aromatic nitrogens is 1. The summed E-state index contributed by atoms with van der Waals surface area (Å²) in [6.07, 6.45) is 5.72. The first-order chi connectivity index (χ1) is 10.0. The second-order valence-corrected chi connectivity index (χ2v) is 5.96. The first-order valence-corrected chi connectivity index (χ1v) is 7.64. The third-order valence-electron chi connectivity index (χ3n) is 4.09. The highest BCUT2D eigenvalue weighted by atomic mass is 35.5. The molecule has 1 aliphatic rings. The van der Waals surface area contributed by atoms with Crippen LogP contribution in [0.2, 0.25) is 5.02 Å². The van der Waals surface area contributed by atoms with E-state index in [1.165, 1.54) is 6.20 Å². The minimum atomic E-state index is -0.519. The van der Waals surface area contributed by atoms with E-state index in [4.69, 9.17) is 22.1 Å². The number of rotatable bonds is 6. The molecule has 0 saturated carbocycles. The summed E-state index contributed by atoms with van der Waals surface area (Å²) in [7, 11) is 1.72. The molecular weight excluding hydrogens is 290 g/mol. The summed E-state index contributed by atoms with van der Waals surface area (Å²) in [4.78, 5) is 17.8. The molecule has 6 heteroatoms. The van der Waals surface area contributed by atoms with Crippen LogP contribution in [0.5, 0.6) is 0 Å². The highest BCUT2D eigenvalue weighted by Gasteiger charge is 2.41. The number of carbonyl (C=O) groups is 1. The largest absolute Gasteiger partial charge is 0.382 e. The van der Waals surface area contributed by atoms with Crippen molar-refractivity contribution in [3.63, 3.8) is 0 Å². The van der Waals surface area contributed by atoms with Crippen molar-refractivity contribution in [2.24, 2.45) is 5.73 Å². The molecule has 0 aliphatic carbocycles. The molecule has 1 aromatic rings. The zero-order chi connectivity index (χ0) is 15.5. The van der Waals surface area contributed by atoms with E-state index in [1.807, 2.05) is 0 Å². The van der Waals surface area contributed by atoms with Crippen molar-refractivity contribution in [1.82, 2.24) is 4.98 Å². The van der Waals surface area contributed by atoms with Crippen LogP contribution >= 0.6 is 11.6 Å². The number of ether oxygens (including phenoxy) is 1. The van der Waals surface area contributed by atoms with Crippen molar-refractivity contribution in [2.75, 3.05) is 25.2 Å². The number of carbonyl (C=O) groups excluding carboxylic acids is 1. The second kappa shape index (κ2) is 6.62. The van der Waals surface area contributed by atoms with Crippen LogP contribution in [0.3, 0.4) is 0 Å². The molecule has 2 rings (SSSR count). The molecule has 1 unspecified atom stereocenters. The molecule has 0 spiro atoms. The molecule has 0 aromatic carbocycles. The van der Waals surface area contributed by atoms with Crippen molar-refractivity contribution in [1.29, 1.82) is 0 Å². The van der Waals surface area contributed by atoms with Gasteiger partial charge in [0.25, 0.3) is 0 Å². The fourth-order valence-electron chi connectivity index (χ4n) is 3.25. The van der Waals surface area contributed by atoms with Gasteiger partial charge in [0.15, 0.2) is 0 Å². The van der Waals surface area contributed by atoms with Gasteiger partial charge in [-0.05, 0) is 25.3 Å². The summed E-state index contributed by atoms with van der Waals surface area (Å²) >= 11 is 6.33. The fraction of sp³-hybridized carbons (Fsp3) is 0.600. The van der Waals surface area contributed by atoms with Gasteiger partial charge in [-0.15, -0.1) is 0 Å². The van der Waals surface area contributed by atoms with E-state index in [2.05, 4.69) is 16.8 Å². The van der Waals surface area contributed by atoms with Gasteiger partial charge in [0, 0.05) is 19.9 Å². The Morgan fingerprint density at radius 1 is 1.62 bits per heavy atom. The maximum absolute atomic E-state index is 11.2. The average molecular weight is 312 g/mol. The SMILES string of the molecule is CCCC1(COC)CCCN1c1ncc(C(N)=O)cc1Cl. The second-order valence-electron chi connectivity index (χ2n) is 5.56. The molecule has 116 valence electrons. The molecule has 1 saturated heterocycles. The summed E-state index contributed by atoms with van der Waals surface area (Å²) in [5, 5.41) is 0.463. The Kier molecular flexibility index (Phi) is 5.06. The number of primary amides is 1. The molecule has 1 aromatic heterocycles. The Morgan fingerprint density at radius 2 is 2.38 bits per heavy atom. The summed E-state index contributed by atoms with van der Waals surface area (Å²) in [6, 6.07) is 1.59. The standard InChI is InChI=1S/C15H22ClN3O2/c1-3-5-15(10-21-2)6-4-7-19(15)14-12(16)8-11(9-18-14)13(17)20/h8-9H,3-7,10H2,1-2H3,(H2,17,20). The molecule has 21 heavy (non-hydrogen) atoms. The van der Waals surface area contributed by atoms with Crippen molar-refractivity contribution in [3.8, 4) is 0 Å². The summed E-state index contributed by atoms with van der Waals surface area (Å²) < 4.78 is 5.45. The van der Waals surface area contributed by atoms with Crippen molar-refractivity contribution in [3.05, 3.63) is 22.8 Å². The quantitative estimate of drug-likeness (QED) is 0.877. The number of halogens is 1. The molecule has 0 radical (unpaired) electrons. The normalized spacial score (nSPS) is 21.8. The van der Waals surface area contributed by atoms with Crippen LogP contribution in [0.4, 0.5) is 5.82 Å².